The summed E-state index contributed by atoms with van der Waals surface area (Å²) in [5.74, 6) is -0.481. The normalized spacial score (nSPS) is 27.6. The van der Waals surface area contributed by atoms with Crippen molar-refractivity contribution < 1.29 is 35.8 Å². The van der Waals surface area contributed by atoms with Crippen LogP contribution in [0.1, 0.15) is 0 Å². The zero-order valence-electron chi connectivity index (χ0n) is 12.0. The zero-order valence-corrected chi connectivity index (χ0v) is 12.8. The van der Waals surface area contributed by atoms with Crippen molar-refractivity contribution in [2.45, 2.75) is 29.5 Å². The Kier molecular flexibility index (Phi) is 4.03. The molecule has 3 atom stereocenters. The van der Waals surface area contributed by atoms with Crippen LogP contribution in [-0.4, -0.2) is 57.6 Å². The Morgan fingerprint density at radius 3 is 2.48 bits per heavy atom. The minimum Gasteiger partial charge on any atom is -0.406 e. The van der Waals surface area contributed by atoms with Crippen LogP contribution in [-0.2, 0) is 19.5 Å². The maximum atomic E-state index is 12.5. The Morgan fingerprint density at radius 1 is 1.22 bits per heavy atom. The van der Waals surface area contributed by atoms with Crippen LogP contribution in [0.25, 0.3) is 0 Å². The summed E-state index contributed by atoms with van der Waals surface area (Å²) >= 11 is 0. The van der Waals surface area contributed by atoms with E-state index in [1.54, 1.807) is 0 Å². The molecular weight excluding hydrogens is 339 g/mol. The molecule has 23 heavy (non-hydrogen) atoms. The van der Waals surface area contributed by atoms with Gasteiger partial charge in [0.15, 0.2) is 0 Å². The third-order valence-electron chi connectivity index (χ3n) is 3.77. The van der Waals surface area contributed by atoms with Crippen LogP contribution in [0.3, 0.4) is 0 Å². The molecule has 0 N–H and O–H groups in total. The lowest BCUT2D eigenvalue weighted by Crippen LogP contribution is -2.46. The largest absolute Gasteiger partial charge is 0.573 e. The molecule has 0 aliphatic carbocycles. The van der Waals surface area contributed by atoms with Gasteiger partial charge in [0.2, 0.25) is 10.0 Å². The fourth-order valence-corrected chi connectivity index (χ4v) is 3.85. The van der Waals surface area contributed by atoms with Gasteiger partial charge in [-0.25, -0.2) is 8.42 Å². The minimum absolute atomic E-state index is 0.0889. The van der Waals surface area contributed by atoms with Crippen LogP contribution < -0.4 is 4.74 Å². The van der Waals surface area contributed by atoms with Gasteiger partial charge in [0.1, 0.15) is 18.0 Å². The standard InChI is InChI=1S/C13H14F3NO5S/c1-17(10-6-20-7-11-12(10)21-11)23(18,19)9-4-2-8(3-5-9)22-13(14,15)16/h2-5,10-12H,6-7H2,1H3/t10-,11?,12-/m0/s1. The summed E-state index contributed by atoms with van der Waals surface area (Å²) in [6, 6.07) is 3.61. The van der Waals surface area contributed by atoms with E-state index in [0.717, 1.165) is 28.6 Å². The van der Waals surface area contributed by atoms with Crippen molar-refractivity contribution in [3.8, 4) is 5.75 Å². The van der Waals surface area contributed by atoms with E-state index in [4.69, 9.17) is 9.47 Å². The summed E-state index contributed by atoms with van der Waals surface area (Å²) in [5.41, 5.74) is 0. The van der Waals surface area contributed by atoms with Gasteiger partial charge in [0.05, 0.1) is 24.2 Å². The number of epoxide rings is 1. The smallest absolute Gasteiger partial charge is 0.406 e. The highest BCUT2D eigenvalue weighted by atomic mass is 32.2. The van der Waals surface area contributed by atoms with Crippen LogP contribution in [0.4, 0.5) is 13.2 Å². The Morgan fingerprint density at radius 2 is 1.87 bits per heavy atom. The molecule has 2 fully saturated rings. The van der Waals surface area contributed by atoms with E-state index in [2.05, 4.69) is 4.74 Å². The second-order valence-corrected chi connectivity index (χ2v) is 7.28. The molecule has 3 rings (SSSR count). The Balaban J connectivity index is 1.76. The van der Waals surface area contributed by atoms with E-state index in [-0.39, 0.29) is 23.7 Å². The Labute approximate surface area is 130 Å². The van der Waals surface area contributed by atoms with Crippen LogP contribution in [0.15, 0.2) is 29.2 Å². The summed E-state index contributed by atoms with van der Waals surface area (Å²) in [7, 11) is -2.47. The fourth-order valence-electron chi connectivity index (χ4n) is 2.50. The number of nitrogens with zero attached hydrogens (tertiary/aromatic N) is 1. The van der Waals surface area contributed by atoms with Crippen molar-refractivity contribution >= 4 is 10.0 Å². The average Bonchev–Trinajstić information content (AvgIpc) is 3.24. The van der Waals surface area contributed by atoms with Gasteiger partial charge in [-0.3, -0.25) is 0 Å². The number of ether oxygens (including phenoxy) is 3. The van der Waals surface area contributed by atoms with Gasteiger partial charge >= 0.3 is 6.36 Å². The molecule has 2 heterocycles. The van der Waals surface area contributed by atoms with E-state index in [0.29, 0.717) is 6.61 Å². The molecule has 1 unspecified atom stereocenters. The summed E-state index contributed by atoms with van der Waals surface area (Å²) in [6.45, 7) is 0.657. The highest BCUT2D eigenvalue weighted by Crippen LogP contribution is 2.34. The van der Waals surface area contributed by atoms with Crippen molar-refractivity contribution in [1.29, 1.82) is 0 Å². The number of rotatable bonds is 4. The van der Waals surface area contributed by atoms with Gasteiger partial charge in [-0.15, -0.1) is 13.2 Å². The number of hydrogen-bond acceptors (Lipinski definition) is 5. The van der Waals surface area contributed by atoms with E-state index >= 15 is 0 Å². The number of benzene rings is 1. The van der Waals surface area contributed by atoms with E-state index < -0.39 is 28.2 Å². The monoisotopic (exact) mass is 353 g/mol. The SMILES string of the molecule is CN([C@H]1COCC2O[C@H]21)S(=O)(=O)c1ccc(OC(F)(F)F)cc1. The number of alkyl halides is 3. The Hall–Kier alpha value is -1.36. The lowest BCUT2D eigenvalue weighted by molar-refractivity contribution is -0.274. The number of halogens is 3. The maximum absolute atomic E-state index is 12.5. The number of hydrogen-bond donors (Lipinski definition) is 0. The molecule has 2 aliphatic heterocycles. The van der Waals surface area contributed by atoms with E-state index in [1.165, 1.54) is 7.05 Å². The zero-order chi connectivity index (χ0) is 16.8. The van der Waals surface area contributed by atoms with Crippen LogP contribution >= 0.6 is 0 Å². The number of likely N-dealkylation sites (N-methyl/N-ethyl adjacent to an activating group) is 1. The fraction of sp³-hybridized carbons (Fsp3) is 0.538. The third-order valence-corrected chi connectivity index (χ3v) is 5.67. The molecule has 1 aromatic carbocycles. The molecule has 2 saturated heterocycles. The summed E-state index contributed by atoms with van der Waals surface area (Å²) in [5, 5.41) is 0. The summed E-state index contributed by atoms with van der Waals surface area (Å²) in [4.78, 5) is -0.128. The van der Waals surface area contributed by atoms with Crippen molar-refractivity contribution in [2.24, 2.45) is 0 Å². The second kappa shape index (κ2) is 5.62. The maximum Gasteiger partial charge on any atom is 0.573 e. The summed E-state index contributed by atoms with van der Waals surface area (Å²) in [6.07, 6.45) is -5.11. The highest BCUT2D eigenvalue weighted by molar-refractivity contribution is 7.89. The van der Waals surface area contributed by atoms with E-state index in [9.17, 15) is 21.6 Å². The van der Waals surface area contributed by atoms with Gasteiger partial charge in [-0.1, -0.05) is 0 Å². The first-order valence-corrected chi connectivity index (χ1v) is 8.19. The second-order valence-electron chi connectivity index (χ2n) is 5.28. The van der Waals surface area contributed by atoms with Gasteiger partial charge in [0.25, 0.3) is 0 Å². The first-order chi connectivity index (χ1) is 10.7. The van der Waals surface area contributed by atoms with Crippen LogP contribution in [0.2, 0.25) is 0 Å². The first kappa shape index (κ1) is 16.5. The van der Waals surface area contributed by atoms with Gasteiger partial charge in [-0.2, -0.15) is 4.31 Å². The molecule has 128 valence electrons. The van der Waals surface area contributed by atoms with Crippen LogP contribution in [0.5, 0.6) is 5.75 Å². The topological polar surface area (TPSA) is 68.4 Å². The lowest BCUT2D eigenvalue weighted by atomic mass is 10.1. The van der Waals surface area contributed by atoms with Crippen molar-refractivity contribution in [3.63, 3.8) is 0 Å². The average molecular weight is 353 g/mol. The first-order valence-electron chi connectivity index (χ1n) is 6.75. The van der Waals surface area contributed by atoms with Crippen molar-refractivity contribution in [1.82, 2.24) is 4.31 Å². The molecular formula is C13H14F3NO5S. The van der Waals surface area contributed by atoms with Gasteiger partial charge < -0.3 is 14.2 Å². The molecule has 1 aromatic rings. The molecule has 0 bridgehead atoms. The number of sulfonamides is 1. The predicted molar refractivity (Wildman–Crippen MR) is 71.3 cm³/mol. The quantitative estimate of drug-likeness (QED) is 0.765. The van der Waals surface area contributed by atoms with Gasteiger partial charge in [-0.05, 0) is 24.3 Å². The lowest BCUT2D eigenvalue weighted by Gasteiger charge is -2.28. The number of fused-ring (bicyclic) bond motifs is 1. The minimum atomic E-state index is -4.82. The van der Waals surface area contributed by atoms with Crippen LogP contribution in [0, 0.1) is 0 Å². The molecule has 0 amide bonds. The predicted octanol–water partition coefficient (Wildman–Crippen LogP) is 1.37. The molecule has 0 radical (unpaired) electrons. The van der Waals surface area contributed by atoms with Gasteiger partial charge in [0, 0.05) is 7.05 Å². The molecule has 6 nitrogen and oxygen atoms in total. The van der Waals surface area contributed by atoms with Crippen molar-refractivity contribution in [2.75, 3.05) is 20.3 Å². The third kappa shape index (κ3) is 3.44. The van der Waals surface area contributed by atoms with E-state index in [1.807, 2.05) is 0 Å². The molecule has 2 aliphatic rings. The summed E-state index contributed by atoms with van der Waals surface area (Å²) < 4.78 is 76.9. The molecule has 0 aromatic heterocycles. The Bertz CT molecular complexity index is 676. The molecule has 10 heteroatoms. The molecule has 0 spiro atoms. The molecule has 0 saturated carbocycles. The van der Waals surface area contributed by atoms with Crippen molar-refractivity contribution in [3.05, 3.63) is 24.3 Å². The highest BCUT2D eigenvalue weighted by Gasteiger charge is 2.52.